The van der Waals surface area contributed by atoms with Gasteiger partial charge < -0.3 is 19.4 Å². The third-order valence-electron chi connectivity index (χ3n) is 4.47. The van der Waals surface area contributed by atoms with Crippen LogP contribution in [0.4, 0.5) is 5.82 Å². The van der Waals surface area contributed by atoms with Crippen molar-refractivity contribution in [3.8, 4) is 5.88 Å². The number of aromatic nitrogens is 3. The molecule has 0 radical (unpaired) electrons. The summed E-state index contributed by atoms with van der Waals surface area (Å²) in [6.07, 6.45) is 4.90. The first-order valence-electron chi connectivity index (χ1n) is 7.91. The minimum absolute atomic E-state index is 0.305. The Morgan fingerprint density at radius 3 is 2.83 bits per heavy atom. The predicted octanol–water partition coefficient (Wildman–Crippen LogP) is 1.23. The molecule has 1 aliphatic rings. The molecule has 0 unspecified atom stereocenters. The molecule has 0 amide bonds. The van der Waals surface area contributed by atoms with E-state index in [4.69, 9.17) is 14.5 Å². The van der Waals surface area contributed by atoms with Crippen LogP contribution in [0.15, 0.2) is 17.1 Å². The molecule has 9 heteroatoms. The zero-order chi connectivity index (χ0) is 17.1. The quantitative estimate of drug-likeness (QED) is 0.694. The summed E-state index contributed by atoms with van der Waals surface area (Å²) in [6.45, 7) is 1.69. The normalized spacial score (nSPS) is 16.1. The molecule has 0 bridgehead atoms. The smallest absolute Gasteiger partial charge is 0.277 e. The van der Waals surface area contributed by atoms with Crippen LogP contribution >= 0.6 is 8.38 Å². The van der Waals surface area contributed by atoms with Crippen LogP contribution in [0.25, 0.3) is 10.8 Å². The van der Waals surface area contributed by atoms with Crippen LogP contribution < -0.4 is 15.2 Å². The average molecular weight is 352 g/mol. The number of anilines is 1. The number of fused-ring (bicyclic) bond motifs is 1. The summed E-state index contributed by atoms with van der Waals surface area (Å²) in [5.74, 6) is 1.59. The second-order valence-corrected chi connectivity index (χ2v) is 7.16. The number of H-pyrrole nitrogens is 1. The highest BCUT2D eigenvalue weighted by atomic mass is 31.2. The molecular weight excluding hydrogens is 331 g/mol. The van der Waals surface area contributed by atoms with Crippen molar-refractivity contribution < 1.29 is 14.5 Å². The number of aromatic amines is 1. The molecule has 3 heterocycles. The molecule has 0 aromatic carbocycles. The van der Waals surface area contributed by atoms with Crippen molar-refractivity contribution in [1.29, 1.82) is 0 Å². The van der Waals surface area contributed by atoms with Crippen molar-refractivity contribution in [2.24, 2.45) is 5.92 Å². The van der Waals surface area contributed by atoms with Crippen LogP contribution in [0.5, 0.6) is 5.88 Å². The Morgan fingerprint density at radius 1 is 1.42 bits per heavy atom. The summed E-state index contributed by atoms with van der Waals surface area (Å²) in [6, 6.07) is 1.86. The van der Waals surface area contributed by atoms with E-state index in [-0.39, 0.29) is 5.56 Å². The first-order valence-corrected chi connectivity index (χ1v) is 9.34. The van der Waals surface area contributed by atoms with Crippen LogP contribution in [0.2, 0.25) is 0 Å². The molecule has 8 nitrogen and oxygen atoms in total. The Labute approximate surface area is 140 Å². The molecule has 1 saturated heterocycles. The second-order valence-electron chi connectivity index (χ2n) is 5.97. The van der Waals surface area contributed by atoms with E-state index in [1.807, 2.05) is 6.07 Å². The van der Waals surface area contributed by atoms with E-state index in [0.717, 1.165) is 38.2 Å². The Balaban J connectivity index is 1.78. The fraction of sp³-hybridized carbons (Fsp3) is 0.533. The van der Waals surface area contributed by atoms with Crippen LogP contribution in [0.1, 0.15) is 19.3 Å². The standard InChI is InChI=1S/C15H21N4O4P/c1-23-15-13-11(9-16-18-14(13)20)8-12(17-15)19-5-2-10(3-6-19)4-7-24(21)22/h8-10,21-22H,2-7H2,1H3,(H,18,20). The van der Waals surface area contributed by atoms with Crippen LogP contribution in [-0.2, 0) is 0 Å². The Kier molecular flexibility index (Phi) is 5.28. The van der Waals surface area contributed by atoms with Crippen LogP contribution in [0.3, 0.4) is 0 Å². The summed E-state index contributed by atoms with van der Waals surface area (Å²) in [5, 5.41) is 7.35. The van der Waals surface area contributed by atoms with Crippen molar-refractivity contribution in [2.75, 3.05) is 31.3 Å². The molecule has 130 valence electrons. The summed E-state index contributed by atoms with van der Waals surface area (Å²) in [7, 11) is -0.292. The number of hydrogen-bond acceptors (Lipinski definition) is 7. The number of nitrogens with zero attached hydrogens (tertiary/aromatic N) is 3. The van der Waals surface area contributed by atoms with Gasteiger partial charge in [0.15, 0.2) is 8.38 Å². The van der Waals surface area contributed by atoms with Gasteiger partial charge >= 0.3 is 0 Å². The Morgan fingerprint density at radius 2 is 2.17 bits per heavy atom. The molecular formula is C15H21N4O4P. The maximum atomic E-state index is 11.9. The van der Waals surface area contributed by atoms with Crippen molar-refractivity contribution in [3.05, 3.63) is 22.6 Å². The SMILES string of the molecule is COc1nc(N2CCC(CCP(O)O)CC2)cc2cn[nH]c(=O)c12. The topological polar surface area (TPSA) is 112 Å². The number of piperidine rings is 1. The number of nitrogens with one attached hydrogen (secondary N) is 1. The van der Waals surface area contributed by atoms with Gasteiger partial charge in [-0.3, -0.25) is 4.79 Å². The summed E-state index contributed by atoms with van der Waals surface area (Å²) < 4.78 is 5.29. The van der Waals surface area contributed by atoms with E-state index in [2.05, 4.69) is 20.1 Å². The molecule has 3 N–H and O–H groups in total. The van der Waals surface area contributed by atoms with E-state index < -0.39 is 8.38 Å². The third kappa shape index (κ3) is 3.66. The van der Waals surface area contributed by atoms with Gasteiger partial charge in [-0.15, -0.1) is 0 Å². The predicted molar refractivity (Wildman–Crippen MR) is 92.5 cm³/mol. The monoisotopic (exact) mass is 352 g/mol. The number of methoxy groups -OCH3 is 1. The molecule has 0 aliphatic carbocycles. The Bertz CT molecular complexity index is 759. The summed E-state index contributed by atoms with van der Waals surface area (Å²) in [5.41, 5.74) is -0.313. The van der Waals surface area contributed by atoms with E-state index in [0.29, 0.717) is 28.7 Å². The van der Waals surface area contributed by atoms with Crippen molar-refractivity contribution in [3.63, 3.8) is 0 Å². The second kappa shape index (κ2) is 7.42. The number of ether oxygens (including phenoxy) is 1. The van der Waals surface area contributed by atoms with Gasteiger partial charge in [0.25, 0.3) is 5.56 Å². The fourth-order valence-corrected chi connectivity index (χ4v) is 3.73. The lowest BCUT2D eigenvalue weighted by Crippen LogP contribution is -2.34. The first kappa shape index (κ1) is 17.1. The van der Waals surface area contributed by atoms with Gasteiger partial charge in [0.05, 0.1) is 13.3 Å². The lowest BCUT2D eigenvalue weighted by Gasteiger charge is -2.33. The minimum Gasteiger partial charge on any atom is -0.480 e. The largest absolute Gasteiger partial charge is 0.480 e. The van der Waals surface area contributed by atoms with Gasteiger partial charge in [0, 0.05) is 24.6 Å². The molecule has 0 spiro atoms. The van der Waals surface area contributed by atoms with Gasteiger partial charge in [-0.1, -0.05) is 0 Å². The van der Waals surface area contributed by atoms with Gasteiger partial charge in [0.2, 0.25) is 5.88 Å². The molecule has 0 saturated carbocycles. The lowest BCUT2D eigenvalue weighted by atomic mass is 9.94. The van der Waals surface area contributed by atoms with Crippen LogP contribution in [0, 0.1) is 5.92 Å². The summed E-state index contributed by atoms with van der Waals surface area (Å²) >= 11 is 0. The highest BCUT2D eigenvalue weighted by Gasteiger charge is 2.22. The number of rotatable bonds is 5. The molecule has 2 aromatic heterocycles. The van der Waals surface area contributed by atoms with Gasteiger partial charge in [-0.05, 0) is 31.2 Å². The molecule has 1 aliphatic heterocycles. The third-order valence-corrected chi connectivity index (χ3v) is 5.13. The fourth-order valence-electron chi connectivity index (χ4n) is 3.13. The van der Waals surface area contributed by atoms with Gasteiger partial charge in [-0.25, -0.2) is 5.10 Å². The van der Waals surface area contributed by atoms with E-state index >= 15 is 0 Å². The molecule has 3 rings (SSSR count). The molecule has 24 heavy (non-hydrogen) atoms. The average Bonchev–Trinajstić information content (AvgIpc) is 2.59. The van der Waals surface area contributed by atoms with Gasteiger partial charge in [-0.2, -0.15) is 10.1 Å². The minimum atomic E-state index is -1.79. The number of hydrogen-bond donors (Lipinski definition) is 3. The zero-order valence-corrected chi connectivity index (χ0v) is 14.4. The molecule has 1 fully saturated rings. The molecule has 2 aromatic rings. The zero-order valence-electron chi connectivity index (χ0n) is 13.5. The van der Waals surface area contributed by atoms with E-state index in [1.165, 1.54) is 7.11 Å². The maximum absolute atomic E-state index is 11.9. The summed E-state index contributed by atoms with van der Waals surface area (Å²) in [4.78, 5) is 36.7. The highest BCUT2D eigenvalue weighted by Crippen LogP contribution is 2.32. The molecule has 0 atom stereocenters. The number of pyridine rings is 1. The van der Waals surface area contributed by atoms with Gasteiger partial charge in [0.1, 0.15) is 11.2 Å². The van der Waals surface area contributed by atoms with Crippen molar-refractivity contribution >= 4 is 25.0 Å². The first-order chi connectivity index (χ1) is 11.6. The van der Waals surface area contributed by atoms with Crippen molar-refractivity contribution in [1.82, 2.24) is 15.2 Å². The van der Waals surface area contributed by atoms with E-state index in [1.54, 1.807) is 6.20 Å². The van der Waals surface area contributed by atoms with Crippen LogP contribution in [-0.4, -0.2) is 51.3 Å². The maximum Gasteiger partial charge on any atom is 0.277 e. The highest BCUT2D eigenvalue weighted by molar-refractivity contribution is 7.45. The lowest BCUT2D eigenvalue weighted by molar-refractivity contribution is 0.382. The van der Waals surface area contributed by atoms with E-state index in [9.17, 15) is 4.79 Å². The van der Waals surface area contributed by atoms with Crippen molar-refractivity contribution in [2.45, 2.75) is 19.3 Å². The Hall–Kier alpha value is -1.76.